The van der Waals surface area contributed by atoms with Crippen molar-refractivity contribution in [3.05, 3.63) is 59.7 Å². The van der Waals surface area contributed by atoms with Crippen molar-refractivity contribution < 1.29 is 4.74 Å². The summed E-state index contributed by atoms with van der Waals surface area (Å²) in [4.78, 5) is 0. The van der Waals surface area contributed by atoms with Crippen molar-refractivity contribution in [1.82, 2.24) is 14.8 Å². The molecular formula is C19H21N3OS. The molecule has 0 aliphatic rings. The van der Waals surface area contributed by atoms with Crippen LogP contribution >= 0.6 is 11.8 Å². The van der Waals surface area contributed by atoms with E-state index in [1.165, 1.54) is 11.1 Å². The van der Waals surface area contributed by atoms with Gasteiger partial charge in [-0.15, -0.1) is 10.2 Å². The van der Waals surface area contributed by atoms with Gasteiger partial charge in [0, 0.05) is 23.9 Å². The van der Waals surface area contributed by atoms with Crippen LogP contribution in [0.1, 0.15) is 18.1 Å². The second-order valence-electron chi connectivity index (χ2n) is 5.51. The first-order valence-corrected chi connectivity index (χ1v) is 8.98. The van der Waals surface area contributed by atoms with E-state index in [-0.39, 0.29) is 0 Å². The van der Waals surface area contributed by atoms with Gasteiger partial charge in [-0.25, -0.2) is 0 Å². The molecule has 0 aliphatic carbocycles. The smallest absolute Gasteiger partial charge is 0.191 e. The maximum Gasteiger partial charge on any atom is 0.191 e. The Morgan fingerprint density at radius 3 is 2.58 bits per heavy atom. The standard InChI is InChI=1S/C19H21N3OS/c1-4-23-17-12-8-6-10-15(17)13-24-19-21-20-18(22(19)3)16-11-7-5-9-14(16)2/h5-12H,4,13H2,1-3H3. The number of para-hydroxylation sites is 1. The molecule has 0 bridgehead atoms. The largest absolute Gasteiger partial charge is 0.494 e. The number of thioether (sulfide) groups is 1. The Kier molecular flexibility index (Phi) is 5.20. The first-order chi connectivity index (χ1) is 11.7. The van der Waals surface area contributed by atoms with Gasteiger partial charge in [-0.05, 0) is 25.5 Å². The number of hydrogen-bond acceptors (Lipinski definition) is 4. The van der Waals surface area contributed by atoms with Crippen molar-refractivity contribution in [3.8, 4) is 17.1 Å². The minimum Gasteiger partial charge on any atom is -0.494 e. The Labute approximate surface area is 146 Å². The molecule has 0 saturated heterocycles. The van der Waals surface area contributed by atoms with Crippen LogP contribution in [0.4, 0.5) is 0 Å². The average Bonchev–Trinajstić information content (AvgIpc) is 2.95. The second kappa shape index (κ2) is 7.53. The number of aryl methyl sites for hydroxylation is 1. The zero-order chi connectivity index (χ0) is 16.9. The lowest BCUT2D eigenvalue weighted by Crippen LogP contribution is -1.98. The highest BCUT2D eigenvalue weighted by atomic mass is 32.2. The van der Waals surface area contributed by atoms with Gasteiger partial charge in [-0.3, -0.25) is 0 Å². The lowest BCUT2D eigenvalue weighted by atomic mass is 10.1. The summed E-state index contributed by atoms with van der Waals surface area (Å²) in [5, 5.41) is 9.64. The number of ether oxygens (including phenoxy) is 1. The van der Waals surface area contributed by atoms with Gasteiger partial charge in [0.15, 0.2) is 11.0 Å². The summed E-state index contributed by atoms with van der Waals surface area (Å²) in [7, 11) is 2.01. The van der Waals surface area contributed by atoms with Crippen molar-refractivity contribution in [3.63, 3.8) is 0 Å². The summed E-state index contributed by atoms with van der Waals surface area (Å²) in [5.41, 5.74) is 3.49. The van der Waals surface area contributed by atoms with Gasteiger partial charge in [0.25, 0.3) is 0 Å². The SMILES string of the molecule is CCOc1ccccc1CSc1nnc(-c2ccccc2C)n1C. The van der Waals surface area contributed by atoms with E-state index in [1.807, 2.05) is 44.3 Å². The quantitative estimate of drug-likeness (QED) is 0.621. The predicted octanol–water partition coefficient (Wildman–Crippen LogP) is 4.48. The van der Waals surface area contributed by atoms with Gasteiger partial charge in [0.2, 0.25) is 0 Å². The van der Waals surface area contributed by atoms with E-state index in [9.17, 15) is 0 Å². The van der Waals surface area contributed by atoms with Crippen LogP contribution in [-0.4, -0.2) is 21.4 Å². The fourth-order valence-corrected chi connectivity index (χ4v) is 3.46. The molecular weight excluding hydrogens is 318 g/mol. The molecule has 2 aromatic carbocycles. The van der Waals surface area contributed by atoms with E-state index in [0.29, 0.717) is 6.61 Å². The summed E-state index contributed by atoms with van der Waals surface area (Å²) in [6.07, 6.45) is 0. The molecule has 0 unspecified atom stereocenters. The first kappa shape index (κ1) is 16.6. The molecule has 0 amide bonds. The van der Waals surface area contributed by atoms with Crippen LogP contribution in [-0.2, 0) is 12.8 Å². The number of rotatable bonds is 6. The van der Waals surface area contributed by atoms with E-state index < -0.39 is 0 Å². The van der Waals surface area contributed by atoms with Gasteiger partial charge >= 0.3 is 0 Å². The minimum atomic E-state index is 0.670. The van der Waals surface area contributed by atoms with E-state index in [0.717, 1.165) is 28.0 Å². The molecule has 24 heavy (non-hydrogen) atoms. The highest BCUT2D eigenvalue weighted by molar-refractivity contribution is 7.98. The van der Waals surface area contributed by atoms with E-state index >= 15 is 0 Å². The molecule has 0 N–H and O–H groups in total. The van der Waals surface area contributed by atoms with Crippen LogP contribution < -0.4 is 4.74 Å². The minimum absolute atomic E-state index is 0.670. The molecule has 124 valence electrons. The van der Waals surface area contributed by atoms with Crippen LogP contribution in [0.15, 0.2) is 53.7 Å². The van der Waals surface area contributed by atoms with Crippen LogP contribution in [0.25, 0.3) is 11.4 Å². The van der Waals surface area contributed by atoms with Gasteiger partial charge in [0.05, 0.1) is 6.61 Å². The van der Waals surface area contributed by atoms with Crippen LogP contribution in [0, 0.1) is 6.92 Å². The fraction of sp³-hybridized carbons (Fsp3) is 0.263. The molecule has 0 spiro atoms. The van der Waals surface area contributed by atoms with E-state index in [2.05, 4.69) is 39.9 Å². The number of benzene rings is 2. The molecule has 0 aliphatic heterocycles. The number of hydrogen-bond donors (Lipinski definition) is 0. The summed E-state index contributed by atoms with van der Waals surface area (Å²) in [5.74, 6) is 2.64. The lowest BCUT2D eigenvalue weighted by Gasteiger charge is -2.09. The van der Waals surface area contributed by atoms with Crippen molar-refractivity contribution in [2.45, 2.75) is 24.8 Å². The maximum absolute atomic E-state index is 5.69. The summed E-state index contributed by atoms with van der Waals surface area (Å²) in [6.45, 7) is 4.76. The van der Waals surface area contributed by atoms with Gasteiger partial charge in [0.1, 0.15) is 5.75 Å². The predicted molar refractivity (Wildman–Crippen MR) is 98.3 cm³/mol. The maximum atomic E-state index is 5.69. The molecule has 0 fully saturated rings. The lowest BCUT2D eigenvalue weighted by molar-refractivity contribution is 0.337. The number of aromatic nitrogens is 3. The van der Waals surface area contributed by atoms with Crippen molar-refractivity contribution in [2.75, 3.05) is 6.61 Å². The summed E-state index contributed by atoms with van der Waals surface area (Å²) < 4.78 is 7.74. The molecule has 1 aromatic heterocycles. The zero-order valence-electron chi connectivity index (χ0n) is 14.2. The van der Waals surface area contributed by atoms with Crippen LogP contribution in [0.5, 0.6) is 5.75 Å². The third kappa shape index (κ3) is 3.46. The molecule has 5 heteroatoms. The Hall–Kier alpha value is -2.27. The molecule has 3 aromatic rings. The van der Waals surface area contributed by atoms with Crippen LogP contribution in [0.2, 0.25) is 0 Å². The van der Waals surface area contributed by atoms with E-state index in [1.54, 1.807) is 11.8 Å². The molecule has 1 heterocycles. The molecule has 0 radical (unpaired) electrons. The zero-order valence-corrected chi connectivity index (χ0v) is 15.0. The van der Waals surface area contributed by atoms with Gasteiger partial charge in [-0.2, -0.15) is 0 Å². The summed E-state index contributed by atoms with van der Waals surface area (Å²) in [6, 6.07) is 16.4. The Morgan fingerprint density at radius 1 is 1.04 bits per heavy atom. The third-order valence-corrected chi connectivity index (χ3v) is 4.92. The van der Waals surface area contributed by atoms with Crippen molar-refractivity contribution in [1.29, 1.82) is 0 Å². The normalized spacial score (nSPS) is 10.8. The Balaban J connectivity index is 1.79. The second-order valence-corrected chi connectivity index (χ2v) is 6.45. The Bertz CT molecular complexity index is 829. The van der Waals surface area contributed by atoms with E-state index in [4.69, 9.17) is 4.74 Å². The highest BCUT2D eigenvalue weighted by Crippen LogP contribution is 2.29. The molecule has 4 nitrogen and oxygen atoms in total. The number of nitrogens with zero attached hydrogens (tertiary/aromatic N) is 3. The third-order valence-electron chi connectivity index (χ3n) is 3.85. The first-order valence-electron chi connectivity index (χ1n) is 7.99. The monoisotopic (exact) mass is 339 g/mol. The van der Waals surface area contributed by atoms with Crippen LogP contribution in [0.3, 0.4) is 0 Å². The molecule has 0 saturated carbocycles. The topological polar surface area (TPSA) is 39.9 Å². The van der Waals surface area contributed by atoms with Crippen molar-refractivity contribution >= 4 is 11.8 Å². The summed E-state index contributed by atoms with van der Waals surface area (Å²) >= 11 is 1.67. The molecule has 3 rings (SSSR count). The fourth-order valence-electron chi connectivity index (χ4n) is 2.56. The van der Waals surface area contributed by atoms with Crippen molar-refractivity contribution in [2.24, 2.45) is 7.05 Å². The molecule has 0 atom stereocenters. The van der Waals surface area contributed by atoms with Gasteiger partial charge < -0.3 is 9.30 Å². The Morgan fingerprint density at radius 2 is 1.79 bits per heavy atom. The van der Waals surface area contributed by atoms with Gasteiger partial charge in [-0.1, -0.05) is 54.2 Å². The highest BCUT2D eigenvalue weighted by Gasteiger charge is 2.13. The average molecular weight is 339 g/mol.